The molecule has 0 radical (unpaired) electrons. The van der Waals surface area contributed by atoms with E-state index in [1.54, 1.807) is 0 Å². The van der Waals surface area contributed by atoms with E-state index in [4.69, 9.17) is 17.3 Å². The van der Waals surface area contributed by atoms with Crippen molar-refractivity contribution >= 4 is 34.2 Å². The van der Waals surface area contributed by atoms with Gasteiger partial charge in [-0.2, -0.15) is 0 Å². The first-order valence-electron chi connectivity index (χ1n) is 9.07. The Hall–Kier alpha value is -2.57. The van der Waals surface area contributed by atoms with Crippen LogP contribution in [-0.4, -0.2) is 53.0 Å². The molecular weight excluding hydrogens is 362 g/mol. The van der Waals surface area contributed by atoms with Gasteiger partial charge in [-0.1, -0.05) is 23.7 Å². The lowest BCUT2D eigenvalue weighted by Gasteiger charge is -2.37. The Morgan fingerprint density at radius 2 is 1.89 bits per heavy atom. The minimum atomic E-state index is -0.532. The summed E-state index contributed by atoms with van der Waals surface area (Å²) in [5.41, 5.74) is 9.23. The predicted octanol–water partition coefficient (Wildman–Crippen LogP) is 2.43. The zero-order valence-electron chi connectivity index (χ0n) is 14.9. The van der Waals surface area contributed by atoms with E-state index in [1.807, 2.05) is 53.7 Å². The minimum Gasteiger partial charge on any atom is -0.367 e. The number of fused-ring (bicyclic) bond motifs is 1. The lowest BCUT2D eigenvalue weighted by atomic mass is 10.1. The van der Waals surface area contributed by atoms with Gasteiger partial charge in [-0.3, -0.25) is 4.79 Å². The van der Waals surface area contributed by atoms with Crippen LogP contribution in [0.25, 0.3) is 11.0 Å². The highest BCUT2D eigenvalue weighted by Gasteiger charge is 2.26. The molecule has 1 aromatic carbocycles. The van der Waals surface area contributed by atoms with Crippen molar-refractivity contribution in [3.63, 3.8) is 0 Å². The van der Waals surface area contributed by atoms with E-state index in [2.05, 4.69) is 14.9 Å². The fourth-order valence-corrected chi connectivity index (χ4v) is 3.71. The van der Waals surface area contributed by atoms with E-state index >= 15 is 0 Å². The smallest absolute Gasteiger partial charge is 0.239 e. The number of rotatable bonds is 4. The fourth-order valence-electron chi connectivity index (χ4n) is 3.59. The molecule has 3 aromatic rings. The SMILES string of the molecule is NC(Cc1ccc(Cl)cc1)C(=O)N1CCN(c2ccnc3[nH]ccc23)CC1. The molecule has 2 aromatic heterocycles. The molecule has 0 spiro atoms. The monoisotopic (exact) mass is 383 g/mol. The number of hydrogen-bond donors (Lipinski definition) is 2. The standard InChI is InChI=1S/C20H22ClN5O/c21-15-3-1-14(2-4-15)13-17(22)20(27)26-11-9-25(10-12-26)18-6-8-24-19-16(18)5-7-23-19/h1-8,17H,9-13,22H2,(H,23,24). The largest absolute Gasteiger partial charge is 0.367 e. The summed E-state index contributed by atoms with van der Waals surface area (Å²) in [7, 11) is 0. The summed E-state index contributed by atoms with van der Waals surface area (Å²) < 4.78 is 0. The maximum Gasteiger partial charge on any atom is 0.239 e. The topological polar surface area (TPSA) is 78.2 Å². The number of pyridine rings is 1. The van der Waals surface area contributed by atoms with Crippen LogP contribution in [0.5, 0.6) is 0 Å². The number of nitrogens with zero attached hydrogens (tertiary/aromatic N) is 3. The zero-order chi connectivity index (χ0) is 18.8. The maximum absolute atomic E-state index is 12.7. The van der Waals surface area contributed by atoms with Gasteiger partial charge < -0.3 is 20.5 Å². The molecule has 27 heavy (non-hydrogen) atoms. The summed E-state index contributed by atoms with van der Waals surface area (Å²) in [4.78, 5) is 24.4. The predicted molar refractivity (Wildman–Crippen MR) is 108 cm³/mol. The first-order valence-corrected chi connectivity index (χ1v) is 9.45. The Morgan fingerprint density at radius 1 is 1.15 bits per heavy atom. The highest BCUT2D eigenvalue weighted by molar-refractivity contribution is 6.30. The van der Waals surface area contributed by atoms with Crippen LogP contribution in [0.2, 0.25) is 5.02 Å². The number of halogens is 1. The van der Waals surface area contributed by atoms with E-state index in [9.17, 15) is 4.79 Å². The summed E-state index contributed by atoms with van der Waals surface area (Å²) in [6.07, 6.45) is 4.23. The highest BCUT2D eigenvalue weighted by Crippen LogP contribution is 2.25. The second kappa shape index (κ2) is 7.58. The third kappa shape index (κ3) is 3.77. The molecule has 1 amide bonds. The Labute approximate surface area is 162 Å². The third-order valence-electron chi connectivity index (χ3n) is 5.06. The van der Waals surface area contributed by atoms with Gasteiger partial charge in [-0.05, 0) is 36.2 Å². The van der Waals surface area contributed by atoms with Crippen molar-refractivity contribution in [2.24, 2.45) is 5.73 Å². The van der Waals surface area contributed by atoms with Crippen LogP contribution >= 0.6 is 11.6 Å². The van der Waals surface area contributed by atoms with Crippen LogP contribution in [0.3, 0.4) is 0 Å². The van der Waals surface area contributed by atoms with Gasteiger partial charge in [0.25, 0.3) is 0 Å². The maximum atomic E-state index is 12.7. The number of anilines is 1. The van der Waals surface area contributed by atoms with Gasteiger partial charge in [-0.15, -0.1) is 0 Å². The van der Waals surface area contributed by atoms with Gasteiger partial charge in [0.1, 0.15) is 5.65 Å². The summed E-state index contributed by atoms with van der Waals surface area (Å²) in [6.45, 7) is 2.90. The number of carbonyl (C=O) groups excluding carboxylic acids is 1. The van der Waals surface area contributed by atoms with Crippen molar-refractivity contribution in [1.29, 1.82) is 0 Å². The Balaban J connectivity index is 1.37. The molecule has 6 nitrogen and oxygen atoms in total. The summed E-state index contributed by atoms with van der Waals surface area (Å²) in [5.74, 6) is 0.00567. The van der Waals surface area contributed by atoms with Crippen molar-refractivity contribution in [3.8, 4) is 0 Å². The highest BCUT2D eigenvalue weighted by atomic mass is 35.5. The number of aromatic nitrogens is 2. The van der Waals surface area contributed by atoms with E-state index in [0.717, 1.165) is 35.4 Å². The molecule has 3 N–H and O–H groups in total. The second-order valence-corrected chi connectivity index (χ2v) is 7.26. The van der Waals surface area contributed by atoms with Crippen LogP contribution in [0.1, 0.15) is 5.56 Å². The Morgan fingerprint density at radius 3 is 2.63 bits per heavy atom. The number of carbonyl (C=O) groups is 1. The van der Waals surface area contributed by atoms with Gasteiger partial charge in [0.05, 0.1) is 6.04 Å². The Kier molecular flexibility index (Phi) is 5.01. The van der Waals surface area contributed by atoms with Crippen LogP contribution in [0.15, 0.2) is 48.8 Å². The number of nitrogens with two attached hydrogens (primary N) is 1. The normalized spacial score (nSPS) is 15.9. The molecule has 1 fully saturated rings. The number of nitrogens with one attached hydrogen (secondary N) is 1. The molecule has 140 valence electrons. The zero-order valence-corrected chi connectivity index (χ0v) is 15.7. The van der Waals surface area contributed by atoms with Crippen molar-refractivity contribution in [1.82, 2.24) is 14.9 Å². The summed E-state index contributed by atoms with van der Waals surface area (Å²) >= 11 is 5.91. The number of aromatic amines is 1. The van der Waals surface area contributed by atoms with Crippen LogP contribution in [0, 0.1) is 0 Å². The van der Waals surface area contributed by atoms with E-state index in [-0.39, 0.29) is 5.91 Å². The molecule has 0 bridgehead atoms. The minimum absolute atomic E-state index is 0.00567. The summed E-state index contributed by atoms with van der Waals surface area (Å²) in [6, 6.07) is 11.0. The average Bonchev–Trinajstić information content (AvgIpc) is 3.18. The van der Waals surface area contributed by atoms with E-state index in [1.165, 1.54) is 0 Å². The van der Waals surface area contributed by atoms with Crippen molar-refractivity contribution in [2.75, 3.05) is 31.1 Å². The quantitative estimate of drug-likeness (QED) is 0.725. The van der Waals surface area contributed by atoms with Crippen LogP contribution < -0.4 is 10.6 Å². The van der Waals surface area contributed by atoms with E-state index < -0.39 is 6.04 Å². The molecular formula is C20H22ClN5O. The van der Waals surface area contributed by atoms with Crippen molar-refractivity contribution in [2.45, 2.75) is 12.5 Å². The first kappa shape index (κ1) is 17.8. The van der Waals surface area contributed by atoms with Crippen molar-refractivity contribution in [3.05, 3.63) is 59.4 Å². The van der Waals surface area contributed by atoms with E-state index in [0.29, 0.717) is 24.5 Å². The molecule has 1 aliphatic heterocycles. The number of H-pyrrole nitrogens is 1. The van der Waals surface area contributed by atoms with Crippen LogP contribution in [-0.2, 0) is 11.2 Å². The van der Waals surface area contributed by atoms with Gasteiger partial charge in [-0.25, -0.2) is 4.98 Å². The number of piperazine rings is 1. The second-order valence-electron chi connectivity index (χ2n) is 6.82. The lowest BCUT2D eigenvalue weighted by Crippen LogP contribution is -2.53. The lowest BCUT2D eigenvalue weighted by molar-refractivity contribution is -0.132. The number of hydrogen-bond acceptors (Lipinski definition) is 4. The van der Waals surface area contributed by atoms with Crippen molar-refractivity contribution < 1.29 is 4.79 Å². The molecule has 1 saturated heterocycles. The third-order valence-corrected chi connectivity index (χ3v) is 5.31. The molecule has 3 heterocycles. The molecule has 7 heteroatoms. The molecule has 4 rings (SSSR count). The molecule has 0 saturated carbocycles. The number of benzene rings is 1. The van der Waals surface area contributed by atoms with Gasteiger partial charge >= 0.3 is 0 Å². The molecule has 1 aliphatic rings. The first-order chi connectivity index (χ1) is 13.1. The molecule has 1 atom stereocenters. The molecule has 1 unspecified atom stereocenters. The van der Waals surface area contributed by atoms with Crippen LogP contribution in [0.4, 0.5) is 5.69 Å². The number of amides is 1. The summed E-state index contributed by atoms with van der Waals surface area (Å²) in [5, 5.41) is 1.79. The average molecular weight is 384 g/mol. The fraction of sp³-hybridized carbons (Fsp3) is 0.300. The Bertz CT molecular complexity index is 931. The molecule has 0 aliphatic carbocycles. The van der Waals surface area contributed by atoms with Gasteiger partial charge in [0.15, 0.2) is 0 Å². The van der Waals surface area contributed by atoms with Gasteiger partial charge in [0, 0.05) is 54.7 Å². The van der Waals surface area contributed by atoms with Gasteiger partial charge in [0.2, 0.25) is 5.91 Å².